The average molecular weight is 517 g/mol. The molecule has 0 aliphatic heterocycles. The largest absolute Gasteiger partial charge is 0.493 e. The Balaban J connectivity index is 1.67. The lowest BCUT2D eigenvalue weighted by Gasteiger charge is -2.24. The Kier molecular flexibility index (Phi) is 9.01. The van der Waals surface area contributed by atoms with Crippen molar-refractivity contribution in [2.24, 2.45) is 0 Å². The second-order valence-corrected chi connectivity index (χ2v) is 10.2. The van der Waals surface area contributed by atoms with E-state index in [9.17, 15) is 13.2 Å². The number of amides is 1. The molecular weight excluding hydrogens is 488 g/mol. The van der Waals surface area contributed by atoms with Crippen LogP contribution in [-0.2, 0) is 21.2 Å². The molecule has 35 heavy (non-hydrogen) atoms. The molecule has 9 heteroatoms. The van der Waals surface area contributed by atoms with Gasteiger partial charge in [-0.05, 0) is 73.9 Å². The van der Waals surface area contributed by atoms with Crippen molar-refractivity contribution in [3.05, 3.63) is 82.9 Å². The summed E-state index contributed by atoms with van der Waals surface area (Å²) < 4.78 is 38.4. The predicted molar refractivity (Wildman–Crippen MR) is 138 cm³/mol. The molecule has 1 amide bonds. The topological polar surface area (TPSA) is 84.9 Å². The summed E-state index contributed by atoms with van der Waals surface area (Å²) in [5.74, 6) is 0.901. The SMILES string of the molecule is COc1ccc(CCCNC(=O)CN(c2ccc(Cl)cc2)S(=O)(=O)c2ccc(C)cc2)cc1OC. The van der Waals surface area contributed by atoms with E-state index >= 15 is 0 Å². The maximum Gasteiger partial charge on any atom is 0.264 e. The molecule has 0 saturated carbocycles. The van der Waals surface area contributed by atoms with Crippen LogP contribution in [0.1, 0.15) is 17.5 Å². The second kappa shape index (κ2) is 12.0. The molecule has 3 rings (SSSR count). The van der Waals surface area contributed by atoms with E-state index in [2.05, 4.69) is 5.32 Å². The van der Waals surface area contributed by atoms with Crippen LogP contribution in [0, 0.1) is 6.92 Å². The number of carbonyl (C=O) groups is 1. The van der Waals surface area contributed by atoms with Crippen molar-refractivity contribution < 1.29 is 22.7 Å². The van der Waals surface area contributed by atoms with Crippen LogP contribution in [0.15, 0.2) is 71.6 Å². The zero-order valence-electron chi connectivity index (χ0n) is 20.0. The fourth-order valence-corrected chi connectivity index (χ4v) is 5.05. The zero-order chi connectivity index (χ0) is 25.4. The highest BCUT2D eigenvalue weighted by Crippen LogP contribution is 2.28. The molecule has 0 aromatic heterocycles. The van der Waals surface area contributed by atoms with Crippen molar-refractivity contribution in [2.75, 3.05) is 31.6 Å². The number of sulfonamides is 1. The van der Waals surface area contributed by atoms with E-state index in [0.717, 1.165) is 15.4 Å². The van der Waals surface area contributed by atoms with Gasteiger partial charge >= 0.3 is 0 Å². The smallest absolute Gasteiger partial charge is 0.264 e. The zero-order valence-corrected chi connectivity index (χ0v) is 21.5. The molecular formula is C26H29ClN2O5S. The number of benzene rings is 3. The molecule has 0 radical (unpaired) electrons. The summed E-state index contributed by atoms with van der Waals surface area (Å²) >= 11 is 5.98. The normalized spacial score (nSPS) is 11.1. The van der Waals surface area contributed by atoms with E-state index in [1.54, 1.807) is 50.6 Å². The van der Waals surface area contributed by atoms with Crippen molar-refractivity contribution in [3.8, 4) is 11.5 Å². The number of ether oxygens (including phenoxy) is 2. The van der Waals surface area contributed by atoms with Crippen molar-refractivity contribution in [2.45, 2.75) is 24.7 Å². The van der Waals surface area contributed by atoms with Crippen LogP contribution in [0.2, 0.25) is 5.02 Å². The van der Waals surface area contributed by atoms with Gasteiger partial charge in [0.05, 0.1) is 24.8 Å². The summed E-state index contributed by atoms with van der Waals surface area (Å²) in [5, 5.41) is 3.29. The lowest BCUT2D eigenvalue weighted by atomic mass is 10.1. The summed E-state index contributed by atoms with van der Waals surface area (Å²) in [6.07, 6.45) is 1.38. The van der Waals surface area contributed by atoms with Crippen LogP contribution >= 0.6 is 11.6 Å². The monoisotopic (exact) mass is 516 g/mol. The van der Waals surface area contributed by atoms with Crippen LogP contribution in [0.4, 0.5) is 5.69 Å². The molecule has 0 atom stereocenters. The second-order valence-electron chi connectivity index (χ2n) is 7.94. The number of rotatable bonds is 11. The van der Waals surface area contributed by atoms with Gasteiger partial charge in [0.25, 0.3) is 10.0 Å². The highest BCUT2D eigenvalue weighted by molar-refractivity contribution is 7.92. The summed E-state index contributed by atoms with van der Waals surface area (Å²) in [5.41, 5.74) is 2.34. The third kappa shape index (κ3) is 6.90. The number of carbonyl (C=O) groups excluding carboxylic acids is 1. The van der Waals surface area contributed by atoms with Gasteiger partial charge in [0.2, 0.25) is 5.91 Å². The lowest BCUT2D eigenvalue weighted by molar-refractivity contribution is -0.119. The number of methoxy groups -OCH3 is 2. The highest BCUT2D eigenvalue weighted by atomic mass is 35.5. The third-order valence-electron chi connectivity index (χ3n) is 5.42. The van der Waals surface area contributed by atoms with Gasteiger partial charge < -0.3 is 14.8 Å². The number of nitrogens with zero attached hydrogens (tertiary/aromatic N) is 1. The standard InChI is InChI=1S/C26H29ClN2O5S/c1-19-6-13-23(14-7-19)35(31,32)29(22-11-9-21(27)10-12-22)18-26(30)28-16-4-5-20-8-15-24(33-2)25(17-20)34-3/h6-15,17H,4-5,16,18H2,1-3H3,(H,28,30). The van der Waals surface area contributed by atoms with Crippen LogP contribution in [0.3, 0.4) is 0 Å². The Morgan fingerprint density at radius 2 is 1.60 bits per heavy atom. The van der Waals surface area contributed by atoms with Gasteiger partial charge in [-0.3, -0.25) is 9.10 Å². The van der Waals surface area contributed by atoms with E-state index in [-0.39, 0.29) is 11.4 Å². The Hall–Kier alpha value is -3.23. The maximum absolute atomic E-state index is 13.4. The van der Waals surface area contributed by atoms with Gasteiger partial charge in [-0.2, -0.15) is 0 Å². The minimum atomic E-state index is -3.96. The van der Waals surface area contributed by atoms with Crippen molar-refractivity contribution >= 4 is 33.2 Å². The molecule has 0 aliphatic carbocycles. The quantitative estimate of drug-likeness (QED) is 0.376. The first kappa shape index (κ1) is 26.4. The van der Waals surface area contributed by atoms with E-state index in [0.29, 0.717) is 41.6 Å². The Bertz CT molecular complexity index is 1250. The van der Waals surface area contributed by atoms with Gasteiger partial charge in [-0.15, -0.1) is 0 Å². The average Bonchev–Trinajstić information content (AvgIpc) is 2.86. The van der Waals surface area contributed by atoms with Gasteiger partial charge in [0, 0.05) is 11.6 Å². The third-order valence-corrected chi connectivity index (χ3v) is 7.46. The fraction of sp³-hybridized carbons (Fsp3) is 0.269. The minimum absolute atomic E-state index is 0.110. The van der Waals surface area contributed by atoms with Crippen molar-refractivity contribution in [1.82, 2.24) is 5.32 Å². The van der Waals surface area contributed by atoms with Gasteiger partial charge in [-0.25, -0.2) is 8.42 Å². The number of hydrogen-bond donors (Lipinski definition) is 1. The van der Waals surface area contributed by atoms with Crippen LogP contribution in [0.25, 0.3) is 0 Å². The Labute approximate surface area is 211 Å². The molecule has 0 heterocycles. The Morgan fingerprint density at radius 1 is 0.943 bits per heavy atom. The fourth-order valence-electron chi connectivity index (χ4n) is 3.50. The van der Waals surface area contributed by atoms with E-state index in [4.69, 9.17) is 21.1 Å². The van der Waals surface area contributed by atoms with E-state index in [1.807, 2.05) is 25.1 Å². The van der Waals surface area contributed by atoms with E-state index in [1.165, 1.54) is 12.1 Å². The number of hydrogen-bond acceptors (Lipinski definition) is 5. The minimum Gasteiger partial charge on any atom is -0.493 e. The van der Waals surface area contributed by atoms with Gasteiger partial charge in [0.15, 0.2) is 11.5 Å². The molecule has 0 fully saturated rings. The number of nitrogens with one attached hydrogen (secondary N) is 1. The summed E-state index contributed by atoms with van der Waals surface area (Å²) in [6.45, 7) is 1.92. The molecule has 186 valence electrons. The molecule has 3 aromatic carbocycles. The van der Waals surface area contributed by atoms with Gasteiger partial charge in [-0.1, -0.05) is 35.4 Å². The van der Waals surface area contributed by atoms with E-state index < -0.39 is 15.9 Å². The first-order valence-electron chi connectivity index (χ1n) is 11.1. The Morgan fingerprint density at radius 3 is 2.23 bits per heavy atom. The van der Waals surface area contributed by atoms with Crippen molar-refractivity contribution in [1.29, 1.82) is 0 Å². The highest BCUT2D eigenvalue weighted by Gasteiger charge is 2.27. The summed E-state index contributed by atoms with van der Waals surface area (Å²) in [7, 11) is -0.798. The number of halogens is 1. The summed E-state index contributed by atoms with van der Waals surface area (Å²) in [4.78, 5) is 12.9. The lowest BCUT2D eigenvalue weighted by Crippen LogP contribution is -2.41. The summed E-state index contributed by atoms with van der Waals surface area (Å²) in [6, 6.07) is 18.6. The molecule has 0 spiro atoms. The number of anilines is 1. The van der Waals surface area contributed by atoms with Gasteiger partial charge in [0.1, 0.15) is 6.54 Å². The molecule has 0 aliphatic rings. The molecule has 3 aromatic rings. The maximum atomic E-state index is 13.4. The predicted octanol–water partition coefficient (Wildman–Crippen LogP) is 4.61. The van der Waals surface area contributed by atoms with Crippen LogP contribution in [-0.4, -0.2) is 41.6 Å². The number of aryl methyl sites for hydroxylation is 2. The molecule has 7 nitrogen and oxygen atoms in total. The molecule has 0 bridgehead atoms. The first-order chi connectivity index (χ1) is 16.7. The molecule has 0 unspecified atom stereocenters. The van der Waals surface area contributed by atoms with Crippen molar-refractivity contribution in [3.63, 3.8) is 0 Å². The first-order valence-corrected chi connectivity index (χ1v) is 12.9. The van der Waals surface area contributed by atoms with Crippen LogP contribution < -0.4 is 19.1 Å². The molecule has 1 N–H and O–H groups in total. The molecule has 0 saturated heterocycles. The van der Waals surface area contributed by atoms with Crippen LogP contribution in [0.5, 0.6) is 11.5 Å².